The number of para-hydroxylation sites is 1. The molecule has 7 nitrogen and oxygen atoms in total. The number of hydrogen-bond acceptors (Lipinski definition) is 5. The number of thiocarbonyl (C=S) groups is 1. The van der Waals surface area contributed by atoms with Gasteiger partial charge < -0.3 is 10.1 Å². The third-order valence-corrected chi connectivity index (χ3v) is 6.37. The van der Waals surface area contributed by atoms with Crippen LogP contribution in [0.2, 0.25) is 0 Å². The van der Waals surface area contributed by atoms with E-state index in [1.807, 2.05) is 44.2 Å². The largest absolute Gasteiger partial charge is 0.490 e. The Labute approximate surface area is 205 Å². The van der Waals surface area contributed by atoms with Gasteiger partial charge in [0, 0.05) is 12.2 Å². The van der Waals surface area contributed by atoms with Gasteiger partial charge in [-0.15, -0.1) is 0 Å². The molecule has 9 heteroatoms. The van der Waals surface area contributed by atoms with Gasteiger partial charge in [-0.2, -0.15) is 0 Å². The molecule has 0 radical (unpaired) electrons. The predicted octanol–water partition coefficient (Wildman–Crippen LogP) is 4.12. The van der Waals surface area contributed by atoms with E-state index in [2.05, 4.69) is 15.4 Å². The molecule has 3 N–H and O–H groups in total. The maximum absolute atomic E-state index is 12.6. The molecular weight excluding hydrogens is 470 g/mol. The van der Waals surface area contributed by atoms with Crippen LogP contribution in [-0.2, 0) is 16.4 Å². The first kappa shape index (κ1) is 25.4. The molecule has 34 heavy (non-hydrogen) atoms. The predicted molar refractivity (Wildman–Crippen MR) is 138 cm³/mol. The van der Waals surface area contributed by atoms with E-state index in [9.17, 15) is 13.2 Å². The van der Waals surface area contributed by atoms with Crippen molar-refractivity contribution in [1.82, 2.24) is 10.0 Å². The van der Waals surface area contributed by atoms with E-state index >= 15 is 0 Å². The van der Waals surface area contributed by atoms with Crippen LogP contribution in [0.3, 0.4) is 0 Å². The van der Waals surface area contributed by atoms with E-state index in [0.717, 1.165) is 5.56 Å². The van der Waals surface area contributed by atoms with Gasteiger partial charge in [0.25, 0.3) is 5.91 Å². The van der Waals surface area contributed by atoms with Crippen molar-refractivity contribution >= 4 is 38.9 Å². The van der Waals surface area contributed by atoms with Crippen molar-refractivity contribution in [2.75, 3.05) is 11.9 Å². The highest BCUT2D eigenvalue weighted by Crippen LogP contribution is 2.19. The number of sulfonamides is 1. The summed E-state index contributed by atoms with van der Waals surface area (Å²) >= 11 is 5.24. The highest BCUT2D eigenvalue weighted by molar-refractivity contribution is 7.89. The Morgan fingerprint density at radius 1 is 0.941 bits per heavy atom. The van der Waals surface area contributed by atoms with Crippen molar-refractivity contribution in [1.29, 1.82) is 0 Å². The first-order valence-corrected chi connectivity index (χ1v) is 12.7. The average molecular weight is 498 g/mol. The minimum absolute atomic E-state index is 0.0818. The van der Waals surface area contributed by atoms with Crippen LogP contribution in [0, 0.1) is 0 Å². The normalized spacial score (nSPS) is 11.1. The minimum Gasteiger partial charge on any atom is -0.490 e. The Morgan fingerprint density at radius 2 is 1.59 bits per heavy atom. The molecule has 0 unspecified atom stereocenters. The summed E-state index contributed by atoms with van der Waals surface area (Å²) in [6, 6.07) is 22.7. The zero-order chi connectivity index (χ0) is 24.6. The fraction of sp³-hybridized carbons (Fsp3) is 0.200. The van der Waals surface area contributed by atoms with Gasteiger partial charge in [-0.05, 0) is 74.4 Å². The fourth-order valence-corrected chi connectivity index (χ4v) is 4.36. The number of ether oxygens (including phenoxy) is 1. The molecule has 0 aromatic heterocycles. The second kappa shape index (κ2) is 11.7. The van der Waals surface area contributed by atoms with Crippen LogP contribution < -0.4 is 20.1 Å². The molecule has 0 atom stereocenters. The van der Waals surface area contributed by atoms with Crippen molar-refractivity contribution in [3.05, 3.63) is 90.0 Å². The molecule has 3 rings (SSSR count). The number of amides is 1. The van der Waals surface area contributed by atoms with Gasteiger partial charge in [-0.1, -0.05) is 42.5 Å². The maximum Gasteiger partial charge on any atom is 0.261 e. The van der Waals surface area contributed by atoms with Crippen LogP contribution in [0.4, 0.5) is 5.69 Å². The summed E-state index contributed by atoms with van der Waals surface area (Å²) in [5, 5.41) is 5.59. The summed E-state index contributed by atoms with van der Waals surface area (Å²) in [7, 11) is -3.64. The van der Waals surface area contributed by atoms with Gasteiger partial charge in [0.2, 0.25) is 10.0 Å². The monoisotopic (exact) mass is 497 g/mol. The van der Waals surface area contributed by atoms with Gasteiger partial charge in [0.15, 0.2) is 5.11 Å². The van der Waals surface area contributed by atoms with Crippen LogP contribution in [0.5, 0.6) is 5.75 Å². The number of anilines is 1. The topological polar surface area (TPSA) is 96.5 Å². The average Bonchev–Trinajstić information content (AvgIpc) is 2.80. The highest BCUT2D eigenvalue weighted by atomic mass is 32.2. The summed E-state index contributed by atoms with van der Waals surface area (Å²) < 4.78 is 33.4. The standard InChI is InChI=1S/C25H27N3O4S2/c1-18(2)32-23-11-7-6-10-22(23)24(29)28-25(33)27-20-12-14-21(15-13-20)34(30,31)26-17-16-19-8-4-3-5-9-19/h3-15,18,26H,16-17H2,1-2H3,(H2,27,28,29,33). The summed E-state index contributed by atoms with van der Waals surface area (Å²) in [5.74, 6) is 0.0580. The van der Waals surface area contributed by atoms with Crippen molar-refractivity contribution in [2.24, 2.45) is 0 Å². The van der Waals surface area contributed by atoms with E-state index in [4.69, 9.17) is 17.0 Å². The Bertz CT molecular complexity index is 1230. The lowest BCUT2D eigenvalue weighted by atomic mass is 10.2. The molecule has 0 fully saturated rings. The molecule has 0 saturated heterocycles. The zero-order valence-electron chi connectivity index (χ0n) is 18.9. The van der Waals surface area contributed by atoms with Crippen LogP contribution in [-0.4, -0.2) is 32.1 Å². The highest BCUT2D eigenvalue weighted by Gasteiger charge is 2.16. The zero-order valence-corrected chi connectivity index (χ0v) is 20.6. The maximum atomic E-state index is 12.6. The Hall–Kier alpha value is -3.27. The van der Waals surface area contributed by atoms with Crippen LogP contribution >= 0.6 is 12.2 Å². The molecule has 0 heterocycles. The molecule has 178 valence electrons. The smallest absolute Gasteiger partial charge is 0.261 e. The van der Waals surface area contributed by atoms with E-state index < -0.39 is 15.9 Å². The minimum atomic E-state index is -3.64. The van der Waals surface area contributed by atoms with Gasteiger partial charge in [0.05, 0.1) is 16.6 Å². The first-order chi connectivity index (χ1) is 16.2. The van der Waals surface area contributed by atoms with Crippen molar-refractivity contribution in [2.45, 2.75) is 31.3 Å². The third-order valence-electron chi connectivity index (χ3n) is 4.69. The van der Waals surface area contributed by atoms with E-state index in [1.165, 1.54) is 12.1 Å². The lowest BCUT2D eigenvalue weighted by Gasteiger charge is -2.15. The van der Waals surface area contributed by atoms with Gasteiger partial charge in [-0.25, -0.2) is 13.1 Å². The second-order valence-corrected chi connectivity index (χ2v) is 9.90. The molecule has 0 bridgehead atoms. The van der Waals surface area contributed by atoms with Crippen LogP contribution in [0.15, 0.2) is 83.8 Å². The number of nitrogens with one attached hydrogen (secondary N) is 3. The molecular formula is C25H27N3O4S2. The summed E-state index contributed by atoms with van der Waals surface area (Å²) in [6.07, 6.45) is 0.514. The van der Waals surface area contributed by atoms with Crippen LogP contribution in [0.1, 0.15) is 29.8 Å². The SMILES string of the molecule is CC(C)Oc1ccccc1C(=O)NC(=S)Nc1ccc(S(=O)(=O)NCCc2ccccc2)cc1. The van der Waals surface area contributed by atoms with E-state index in [0.29, 0.717) is 30.0 Å². The lowest BCUT2D eigenvalue weighted by Crippen LogP contribution is -2.34. The number of benzene rings is 3. The lowest BCUT2D eigenvalue weighted by molar-refractivity contribution is 0.0972. The molecule has 0 aliphatic rings. The fourth-order valence-electron chi connectivity index (χ4n) is 3.12. The Balaban J connectivity index is 1.55. The second-order valence-electron chi connectivity index (χ2n) is 7.73. The Kier molecular flexibility index (Phi) is 8.75. The van der Waals surface area contributed by atoms with Gasteiger partial charge in [-0.3, -0.25) is 10.1 Å². The summed E-state index contributed by atoms with van der Waals surface area (Å²) in [6.45, 7) is 4.05. The summed E-state index contributed by atoms with van der Waals surface area (Å²) in [5.41, 5.74) is 1.96. The molecule has 0 saturated carbocycles. The van der Waals surface area contributed by atoms with E-state index in [1.54, 1.807) is 36.4 Å². The molecule has 3 aromatic carbocycles. The number of carbonyl (C=O) groups is 1. The molecule has 0 aliphatic heterocycles. The first-order valence-electron chi connectivity index (χ1n) is 10.8. The van der Waals surface area contributed by atoms with E-state index in [-0.39, 0.29) is 16.1 Å². The van der Waals surface area contributed by atoms with Gasteiger partial charge >= 0.3 is 0 Å². The summed E-state index contributed by atoms with van der Waals surface area (Å²) in [4.78, 5) is 12.8. The Morgan fingerprint density at radius 3 is 2.26 bits per heavy atom. The molecule has 1 amide bonds. The third kappa shape index (κ3) is 7.38. The molecule has 3 aromatic rings. The number of hydrogen-bond donors (Lipinski definition) is 3. The van der Waals surface area contributed by atoms with Crippen molar-refractivity contribution in [3.63, 3.8) is 0 Å². The van der Waals surface area contributed by atoms with Crippen molar-refractivity contribution in [3.8, 4) is 5.75 Å². The van der Waals surface area contributed by atoms with Crippen LogP contribution in [0.25, 0.3) is 0 Å². The van der Waals surface area contributed by atoms with Crippen molar-refractivity contribution < 1.29 is 17.9 Å². The molecule has 0 spiro atoms. The van der Waals surface area contributed by atoms with Gasteiger partial charge in [0.1, 0.15) is 5.75 Å². The quantitative estimate of drug-likeness (QED) is 0.385. The molecule has 0 aliphatic carbocycles. The number of rotatable bonds is 9. The number of carbonyl (C=O) groups excluding carboxylic acids is 1.